The van der Waals surface area contributed by atoms with E-state index < -0.39 is 0 Å². The molecular weight excluding hydrogens is 252 g/mol. The van der Waals surface area contributed by atoms with Crippen LogP contribution in [0.2, 0.25) is 0 Å². The Morgan fingerprint density at radius 3 is 2.70 bits per heavy atom. The number of nitrogen functional groups attached to an aromatic ring is 1. The molecule has 1 aliphatic rings. The average Bonchev–Trinajstić information content (AvgIpc) is 2.86. The summed E-state index contributed by atoms with van der Waals surface area (Å²) in [5, 5.41) is 3.23. The Morgan fingerprint density at radius 2 is 2.00 bits per heavy atom. The van der Waals surface area contributed by atoms with E-state index in [1.165, 1.54) is 0 Å². The fourth-order valence-corrected chi connectivity index (χ4v) is 2.34. The zero-order chi connectivity index (χ0) is 13.9. The lowest BCUT2D eigenvalue weighted by molar-refractivity contribution is 0.751. The van der Waals surface area contributed by atoms with Crippen LogP contribution in [0.15, 0.2) is 36.4 Å². The molecule has 0 spiro atoms. The van der Waals surface area contributed by atoms with E-state index >= 15 is 0 Å². The van der Waals surface area contributed by atoms with Crippen LogP contribution in [0.25, 0.3) is 0 Å². The van der Waals surface area contributed by atoms with Crippen LogP contribution in [0.4, 0.5) is 23.3 Å². The topological polar surface area (TPSA) is 93.1 Å². The molecule has 1 aliphatic heterocycles. The van der Waals surface area contributed by atoms with Crippen molar-refractivity contribution in [3.63, 3.8) is 0 Å². The number of rotatable bonds is 3. The number of nitrogens with two attached hydrogens (primary N) is 2. The molecule has 0 radical (unpaired) electrons. The summed E-state index contributed by atoms with van der Waals surface area (Å²) >= 11 is 0. The monoisotopic (exact) mass is 270 g/mol. The van der Waals surface area contributed by atoms with Gasteiger partial charge in [0.25, 0.3) is 0 Å². The second-order valence-corrected chi connectivity index (χ2v) is 4.96. The summed E-state index contributed by atoms with van der Waals surface area (Å²) in [6, 6.07) is 12.0. The van der Waals surface area contributed by atoms with E-state index in [4.69, 9.17) is 11.5 Å². The fraction of sp³-hybridized carbons (Fsp3) is 0.286. The number of nitrogens with one attached hydrogen (secondary N) is 1. The Labute approximate surface area is 117 Å². The zero-order valence-electron chi connectivity index (χ0n) is 11.2. The first-order chi connectivity index (χ1) is 9.70. The number of anilines is 4. The third-order valence-corrected chi connectivity index (χ3v) is 3.32. The predicted octanol–water partition coefficient (Wildman–Crippen LogP) is 1.34. The first-order valence-electron chi connectivity index (χ1n) is 6.68. The van der Waals surface area contributed by atoms with Crippen LogP contribution in [0.3, 0.4) is 0 Å². The molecule has 0 amide bonds. The molecule has 6 nitrogen and oxygen atoms in total. The van der Waals surface area contributed by atoms with Gasteiger partial charge >= 0.3 is 0 Å². The minimum Gasteiger partial charge on any atom is -0.368 e. The van der Waals surface area contributed by atoms with Crippen molar-refractivity contribution in [2.24, 2.45) is 5.73 Å². The largest absolute Gasteiger partial charge is 0.368 e. The van der Waals surface area contributed by atoms with Crippen LogP contribution >= 0.6 is 0 Å². The molecule has 1 saturated heterocycles. The molecule has 20 heavy (non-hydrogen) atoms. The van der Waals surface area contributed by atoms with Crippen molar-refractivity contribution >= 4 is 23.3 Å². The summed E-state index contributed by atoms with van der Waals surface area (Å²) in [5.41, 5.74) is 12.7. The molecule has 3 rings (SSSR count). The molecule has 0 aliphatic carbocycles. The zero-order valence-corrected chi connectivity index (χ0v) is 11.2. The maximum Gasteiger partial charge on any atom is 0.223 e. The smallest absolute Gasteiger partial charge is 0.223 e. The van der Waals surface area contributed by atoms with Gasteiger partial charge in [-0.05, 0) is 18.6 Å². The first-order valence-corrected chi connectivity index (χ1v) is 6.68. The number of hydrogen-bond acceptors (Lipinski definition) is 6. The second kappa shape index (κ2) is 5.34. The van der Waals surface area contributed by atoms with E-state index in [9.17, 15) is 0 Å². The van der Waals surface area contributed by atoms with Crippen LogP contribution in [0.5, 0.6) is 0 Å². The molecule has 1 aromatic carbocycles. The van der Waals surface area contributed by atoms with Crippen molar-refractivity contribution in [1.82, 2.24) is 9.97 Å². The minimum atomic E-state index is 0.205. The summed E-state index contributed by atoms with van der Waals surface area (Å²) in [6.45, 7) is 1.71. The van der Waals surface area contributed by atoms with Gasteiger partial charge in [0.1, 0.15) is 11.6 Å². The van der Waals surface area contributed by atoms with Gasteiger partial charge in [0.2, 0.25) is 5.95 Å². The van der Waals surface area contributed by atoms with Crippen molar-refractivity contribution in [3.8, 4) is 0 Å². The van der Waals surface area contributed by atoms with Crippen LogP contribution < -0.4 is 21.7 Å². The number of aromatic nitrogens is 2. The minimum absolute atomic E-state index is 0.205. The molecule has 0 saturated carbocycles. The van der Waals surface area contributed by atoms with E-state index in [1.807, 2.05) is 36.4 Å². The summed E-state index contributed by atoms with van der Waals surface area (Å²) < 4.78 is 0. The van der Waals surface area contributed by atoms with Crippen molar-refractivity contribution in [2.45, 2.75) is 12.5 Å². The summed E-state index contributed by atoms with van der Waals surface area (Å²) in [7, 11) is 0. The van der Waals surface area contributed by atoms with Gasteiger partial charge < -0.3 is 21.7 Å². The maximum atomic E-state index is 5.93. The van der Waals surface area contributed by atoms with Crippen molar-refractivity contribution in [2.75, 3.05) is 29.0 Å². The normalized spacial score (nSPS) is 18.2. The second-order valence-electron chi connectivity index (χ2n) is 4.96. The van der Waals surface area contributed by atoms with Gasteiger partial charge in [-0.2, -0.15) is 9.97 Å². The Morgan fingerprint density at radius 1 is 1.20 bits per heavy atom. The highest BCUT2D eigenvalue weighted by Gasteiger charge is 2.21. The predicted molar refractivity (Wildman–Crippen MR) is 81.0 cm³/mol. The highest BCUT2D eigenvalue weighted by Crippen LogP contribution is 2.23. The summed E-state index contributed by atoms with van der Waals surface area (Å²) in [6.07, 6.45) is 0.978. The SMILES string of the molecule is Nc1nc(Nc2ccccc2)cc(N2CC[C@@H](N)C2)n1. The van der Waals surface area contributed by atoms with Gasteiger partial charge in [-0.25, -0.2) is 0 Å². The molecule has 104 valence electrons. The maximum absolute atomic E-state index is 5.93. The summed E-state index contributed by atoms with van der Waals surface area (Å²) in [5.74, 6) is 1.78. The lowest BCUT2D eigenvalue weighted by Crippen LogP contribution is -2.27. The molecule has 0 bridgehead atoms. The number of para-hydroxylation sites is 1. The molecular formula is C14H18N6. The Hall–Kier alpha value is -2.34. The molecule has 2 aromatic rings. The highest BCUT2D eigenvalue weighted by atomic mass is 15.2. The van der Waals surface area contributed by atoms with E-state index in [1.54, 1.807) is 0 Å². The fourth-order valence-electron chi connectivity index (χ4n) is 2.34. The van der Waals surface area contributed by atoms with Crippen molar-refractivity contribution < 1.29 is 0 Å². The Bertz CT molecular complexity index is 585. The van der Waals surface area contributed by atoms with E-state index in [0.29, 0.717) is 5.82 Å². The van der Waals surface area contributed by atoms with Crippen LogP contribution in [-0.2, 0) is 0 Å². The average molecular weight is 270 g/mol. The van der Waals surface area contributed by atoms with Gasteiger partial charge in [-0.3, -0.25) is 0 Å². The van der Waals surface area contributed by atoms with Crippen LogP contribution in [0.1, 0.15) is 6.42 Å². The quantitative estimate of drug-likeness (QED) is 0.779. The van der Waals surface area contributed by atoms with Gasteiger partial charge in [0, 0.05) is 30.9 Å². The Balaban J connectivity index is 1.83. The highest BCUT2D eigenvalue weighted by molar-refractivity contribution is 5.61. The molecule has 1 aromatic heterocycles. The standard InChI is InChI=1S/C14H18N6/c15-10-6-7-20(9-10)13-8-12(18-14(16)19-13)17-11-4-2-1-3-5-11/h1-5,8,10H,6-7,9,15H2,(H3,16,17,18,19)/t10-/m1/s1. The van der Waals surface area contributed by atoms with Crippen molar-refractivity contribution in [1.29, 1.82) is 0 Å². The third kappa shape index (κ3) is 2.80. The van der Waals surface area contributed by atoms with Gasteiger partial charge in [0.05, 0.1) is 0 Å². The number of benzene rings is 1. The molecule has 0 unspecified atom stereocenters. The van der Waals surface area contributed by atoms with Crippen molar-refractivity contribution in [3.05, 3.63) is 36.4 Å². The lowest BCUT2D eigenvalue weighted by atomic mass is 10.3. The van der Waals surface area contributed by atoms with Crippen LogP contribution in [0, 0.1) is 0 Å². The molecule has 5 N–H and O–H groups in total. The van der Waals surface area contributed by atoms with E-state index in [2.05, 4.69) is 20.2 Å². The van der Waals surface area contributed by atoms with E-state index in [0.717, 1.165) is 31.0 Å². The Kier molecular flexibility index (Phi) is 3.39. The lowest BCUT2D eigenvalue weighted by Gasteiger charge is -2.18. The summed E-state index contributed by atoms with van der Waals surface area (Å²) in [4.78, 5) is 10.6. The number of nitrogens with zero attached hydrogens (tertiary/aromatic N) is 3. The molecule has 2 heterocycles. The van der Waals surface area contributed by atoms with E-state index in [-0.39, 0.29) is 12.0 Å². The molecule has 6 heteroatoms. The first kappa shape index (κ1) is 12.7. The third-order valence-electron chi connectivity index (χ3n) is 3.32. The van der Waals surface area contributed by atoms with Gasteiger partial charge in [-0.15, -0.1) is 0 Å². The molecule has 1 fully saturated rings. The van der Waals surface area contributed by atoms with Gasteiger partial charge in [0.15, 0.2) is 0 Å². The van der Waals surface area contributed by atoms with Crippen LogP contribution in [-0.4, -0.2) is 29.1 Å². The number of hydrogen-bond donors (Lipinski definition) is 3. The molecule has 1 atom stereocenters. The van der Waals surface area contributed by atoms with Gasteiger partial charge in [-0.1, -0.05) is 18.2 Å².